The molecule has 1 saturated heterocycles. The molecule has 120 valence electrons. The fourth-order valence-electron chi connectivity index (χ4n) is 2.96. The van der Waals surface area contributed by atoms with Gasteiger partial charge in [-0.15, -0.1) is 0 Å². The number of carbonyl (C=O) groups excluding carboxylic acids is 1. The first-order valence-electron chi connectivity index (χ1n) is 8.03. The van der Waals surface area contributed by atoms with Gasteiger partial charge in [0.25, 0.3) is 0 Å². The molecule has 2 aromatic carbocycles. The van der Waals surface area contributed by atoms with Crippen LogP contribution in [0.1, 0.15) is 30.0 Å². The summed E-state index contributed by atoms with van der Waals surface area (Å²) in [5.41, 5.74) is 2.34. The lowest BCUT2D eigenvalue weighted by molar-refractivity contribution is -0.128. The third kappa shape index (κ3) is 4.18. The molecule has 1 heterocycles. The average molecular weight is 310 g/mol. The Balaban J connectivity index is 1.63. The first kappa shape index (κ1) is 15.7. The largest absolute Gasteiger partial charge is 0.392 e. The molecule has 2 atom stereocenters. The Labute approximate surface area is 136 Å². The number of rotatable bonds is 7. The van der Waals surface area contributed by atoms with Gasteiger partial charge < -0.3 is 15.7 Å². The molecule has 0 saturated carbocycles. The Kier molecular flexibility index (Phi) is 5.05. The van der Waals surface area contributed by atoms with Crippen LogP contribution < -0.4 is 10.6 Å². The monoisotopic (exact) mass is 310 g/mol. The van der Waals surface area contributed by atoms with Crippen molar-refractivity contribution in [2.45, 2.75) is 31.0 Å². The fraction of sp³-hybridized carbons (Fsp3) is 0.316. The quantitative estimate of drug-likeness (QED) is 0.686. The van der Waals surface area contributed by atoms with Gasteiger partial charge in [0, 0.05) is 19.0 Å². The van der Waals surface area contributed by atoms with Crippen LogP contribution in [0.4, 0.5) is 0 Å². The lowest BCUT2D eigenvalue weighted by Gasteiger charge is -2.29. The van der Waals surface area contributed by atoms with Crippen LogP contribution >= 0.6 is 0 Å². The average Bonchev–Trinajstić information content (AvgIpc) is 2.56. The van der Waals surface area contributed by atoms with E-state index in [1.54, 1.807) is 0 Å². The summed E-state index contributed by atoms with van der Waals surface area (Å²) in [6.45, 7) is 0.487. The van der Waals surface area contributed by atoms with Gasteiger partial charge in [-0.2, -0.15) is 0 Å². The highest BCUT2D eigenvalue weighted by Crippen LogP contribution is 2.22. The summed E-state index contributed by atoms with van der Waals surface area (Å²) in [5, 5.41) is 16.5. The molecule has 3 rings (SSSR count). The van der Waals surface area contributed by atoms with Gasteiger partial charge >= 0.3 is 0 Å². The Bertz CT molecular complexity index is 583. The molecule has 1 aliphatic heterocycles. The second-order valence-electron chi connectivity index (χ2n) is 6.02. The molecule has 3 N–H and O–H groups in total. The SMILES string of the molecule is O=C1CC(CC(O)CNC(c2ccccc2)c2ccccc2)N1. The van der Waals surface area contributed by atoms with Gasteiger partial charge in [-0.3, -0.25) is 4.79 Å². The second kappa shape index (κ2) is 7.40. The van der Waals surface area contributed by atoms with E-state index in [4.69, 9.17) is 0 Å². The normalized spacial score (nSPS) is 18.3. The van der Waals surface area contributed by atoms with Crippen LogP contribution in [0.5, 0.6) is 0 Å². The van der Waals surface area contributed by atoms with E-state index in [1.165, 1.54) is 11.1 Å². The van der Waals surface area contributed by atoms with Gasteiger partial charge in [0.05, 0.1) is 12.1 Å². The van der Waals surface area contributed by atoms with Crippen LogP contribution in [-0.4, -0.2) is 29.7 Å². The molecule has 4 nitrogen and oxygen atoms in total. The lowest BCUT2D eigenvalue weighted by atomic mass is 9.97. The molecular formula is C19H22N2O2. The highest BCUT2D eigenvalue weighted by atomic mass is 16.3. The molecular weight excluding hydrogens is 288 g/mol. The Morgan fingerprint density at radius 2 is 1.57 bits per heavy atom. The summed E-state index contributed by atoms with van der Waals surface area (Å²) in [6.07, 6.45) is 0.642. The number of hydrogen-bond acceptors (Lipinski definition) is 3. The van der Waals surface area contributed by atoms with Crippen molar-refractivity contribution in [1.82, 2.24) is 10.6 Å². The fourth-order valence-corrected chi connectivity index (χ4v) is 2.96. The van der Waals surface area contributed by atoms with Crippen molar-refractivity contribution in [3.8, 4) is 0 Å². The predicted molar refractivity (Wildman–Crippen MR) is 89.9 cm³/mol. The molecule has 1 amide bonds. The van der Waals surface area contributed by atoms with Crippen molar-refractivity contribution in [2.75, 3.05) is 6.54 Å². The number of carbonyl (C=O) groups is 1. The molecule has 2 aromatic rings. The Hall–Kier alpha value is -2.17. The topological polar surface area (TPSA) is 61.4 Å². The molecule has 4 heteroatoms. The number of β-lactam (4-membered cyclic amide) rings is 1. The van der Waals surface area contributed by atoms with Crippen LogP contribution in [0, 0.1) is 0 Å². The highest BCUT2D eigenvalue weighted by molar-refractivity contribution is 5.82. The van der Waals surface area contributed by atoms with Crippen LogP contribution in [0.25, 0.3) is 0 Å². The molecule has 0 aromatic heterocycles. The zero-order valence-corrected chi connectivity index (χ0v) is 13.0. The Morgan fingerprint density at radius 1 is 1.04 bits per heavy atom. The van der Waals surface area contributed by atoms with E-state index in [0.717, 1.165) is 0 Å². The zero-order chi connectivity index (χ0) is 16.1. The maximum absolute atomic E-state index is 10.9. The third-order valence-electron chi connectivity index (χ3n) is 4.18. The summed E-state index contributed by atoms with van der Waals surface area (Å²) >= 11 is 0. The first-order valence-corrected chi connectivity index (χ1v) is 8.03. The van der Waals surface area contributed by atoms with E-state index in [2.05, 4.69) is 34.9 Å². The zero-order valence-electron chi connectivity index (χ0n) is 13.0. The van der Waals surface area contributed by atoms with Crippen LogP contribution in [-0.2, 0) is 4.79 Å². The van der Waals surface area contributed by atoms with Gasteiger partial charge in [0.1, 0.15) is 0 Å². The van der Waals surface area contributed by atoms with E-state index in [-0.39, 0.29) is 18.0 Å². The van der Waals surface area contributed by atoms with E-state index >= 15 is 0 Å². The second-order valence-corrected chi connectivity index (χ2v) is 6.02. The minimum atomic E-state index is -0.476. The standard InChI is InChI=1S/C19H22N2O2/c22-17(11-16-12-18(23)21-16)13-20-19(14-7-3-1-4-8-14)15-9-5-2-6-10-15/h1-10,16-17,19-20,22H,11-13H2,(H,21,23). The van der Waals surface area contributed by atoms with Crippen molar-refractivity contribution in [2.24, 2.45) is 0 Å². The molecule has 1 aliphatic rings. The van der Waals surface area contributed by atoms with Gasteiger partial charge in [-0.1, -0.05) is 60.7 Å². The maximum Gasteiger partial charge on any atom is 0.222 e. The van der Waals surface area contributed by atoms with Crippen LogP contribution in [0.15, 0.2) is 60.7 Å². The summed E-state index contributed by atoms with van der Waals surface area (Å²) in [5.74, 6) is 0.0709. The highest BCUT2D eigenvalue weighted by Gasteiger charge is 2.27. The van der Waals surface area contributed by atoms with Crippen molar-refractivity contribution >= 4 is 5.91 Å². The van der Waals surface area contributed by atoms with Crippen molar-refractivity contribution < 1.29 is 9.90 Å². The van der Waals surface area contributed by atoms with Gasteiger partial charge in [0.2, 0.25) is 5.91 Å². The maximum atomic E-state index is 10.9. The van der Waals surface area contributed by atoms with Gasteiger partial charge in [-0.05, 0) is 17.5 Å². The van der Waals surface area contributed by atoms with Crippen molar-refractivity contribution in [3.05, 3.63) is 71.8 Å². The number of nitrogens with one attached hydrogen (secondary N) is 2. The van der Waals surface area contributed by atoms with Crippen molar-refractivity contribution in [1.29, 1.82) is 0 Å². The first-order chi connectivity index (χ1) is 11.2. The van der Waals surface area contributed by atoms with Crippen LogP contribution in [0.2, 0.25) is 0 Å². The molecule has 23 heavy (non-hydrogen) atoms. The number of aliphatic hydroxyl groups is 1. The van der Waals surface area contributed by atoms with Gasteiger partial charge in [-0.25, -0.2) is 0 Å². The summed E-state index contributed by atoms with van der Waals surface area (Å²) in [7, 11) is 0. The smallest absolute Gasteiger partial charge is 0.222 e. The number of amides is 1. The third-order valence-corrected chi connectivity index (χ3v) is 4.18. The number of aliphatic hydroxyl groups excluding tert-OH is 1. The predicted octanol–water partition coefficient (Wildman–Crippen LogP) is 2.01. The lowest BCUT2D eigenvalue weighted by Crippen LogP contribution is -2.50. The summed E-state index contributed by atoms with van der Waals surface area (Å²) in [6, 6.07) is 20.6. The number of benzene rings is 2. The Morgan fingerprint density at radius 3 is 2.04 bits per heavy atom. The van der Waals surface area contributed by atoms with E-state index in [0.29, 0.717) is 19.4 Å². The molecule has 0 radical (unpaired) electrons. The summed E-state index contributed by atoms with van der Waals surface area (Å²) < 4.78 is 0. The van der Waals surface area contributed by atoms with Gasteiger partial charge in [0.15, 0.2) is 0 Å². The molecule has 2 unspecified atom stereocenters. The molecule has 1 fully saturated rings. The van der Waals surface area contributed by atoms with E-state index in [9.17, 15) is 9.90 Å². The van der Waals surface area contributed by atoms with E-state index in [1.807, 2.05) is 36.4 Å². The molecule has 0 spiro atoms. The number of hydrogen-bond donors (Lipinski definition) is 3. The molecule has 0 aliphatic carbocycles. The van der Waals surface area contributed by atoms with E-state index < -0.39 is 6.10 Å². The van der Waals surface area contributed by atoms with Crippen molar-refractivity contribution in [3.63, 3.8) is 0 Å². The summed E-state index contributed by atoms with van der Waals surface area (Å²) in [4.78, 5) is 10.9. The minimum absolute atomic E-state index is 0.0445. The molecule has 0 bridgehead atoms. The van der Waals surface area contributed by atoms with Crippen LogP contribution in [0.3, 0.4) is 0 Å². The minimum Gasteiger partial charge on any atom is -0.392 e.